The summed E-state index contributed by atoms with van der Waals surface area (Å²) in [6.45, 7) is 2.07. The SMILES string of the molecule is CCc1ccc(N[C@@H]2NC(=O)/C(=C/c3cc(Cl)cc([N+](=O)[O-])c3O)S2)cc1. The van der Waals surface area contributed by atoms with Gasteiger partial charge in [-0.1, -0.05) is 42.4 Å². The van der Waals surface area contributed by atoms with E-state index in [0.29, 0.717) is 4.91 Å². The highest BCUT2D eigenvalue weighted by molar-refractivity contribution is 8.05. The van der Waals surface area contributed by atoms with Crippen LogP contribution in [0.15, 0.2) is 41.3 Å². The van der Waals surface area contributed by atoms with Gasteiger partial charge in [-0.05, 0) is 36.3 Å². The first-order valence-electron chi connectivity index (χ1n) is 8.09. The molecule has 0 unspecified atom stereocenters. The van der Waals surface area contributed by atoms with Crippen LogP contribution in [0.3, 0.4) is 0 Å². The van der Waals surface area contributed by atoms with Crippen molar-refractivity contribution in [2.24, 2.45) is 0 Å². The predicted molar refractivity (Wildman–Crippen MR) is 107 cm³/mol. The molecule has 0 aliphatic carbocycles. The van der Waals surface area contributed by atoms with E-state index in [1.54, 1.807) is 0 Å². The van der Waals surface area contributed by atoms with Gasteiger partial charge in [0.05, 0.1) is 9.83 Å². The number of nitro groups is 1. The second-order valence-electron chi connectivity index (χ2n) is 5.79. The Hall–Kier alpha value is -2.71. The molecular weight excluding hydrogens is 390 g/mol. The largest absolute Gasteiger partial charge is 0.502 e. The van der Waals surface area contributed by atoms with Gasteiger partial charge in [-0.15, -0.1) is 0 Å². The molecule has 1 atom stereocenters. The number of halogens is 1. The molecule has 0 aromatic heterocycles. The molecule has 0 spiro atoms. The molecular formula is C18H16ClN3O4S. The maximum atomic E-state index is 12.2. The molecule has 3 N–H and O–H groups in total. The van der Waals surface area contributed by atoms with Crippen molar-refractivity contribution in [2.45, 2.75) is 18.8 Å². The maximum Gasteiger partial charge on any atom is 0.312 e. The first-order chi connectivity index (χ1) is 12.9. The van der Waals surface area contributed by atoms with Crippen molar-refractivity contribution >= 4 is 46.7 Å². The third-order valence-electron chi connectivity index (χ3n) is 3.96. The highest BCUT2D eigenvalue weighted by Gasteiger charge is 2.28. The molecule has 1 aliphatic heterocycles. The lowest BCUT2D eigenvalue weighted by molar-refractivity contribution is -0.385. The molecule has 1 saturated heterocycles. The molecule has 1 aliphatic rings. The van der Waals surface area contributed by atoms with Crippen LogP contribution in [0.1, 0.15) is 18.1 Å². The molecule has 1 fully saturated rings. The van der Waals surface area contributed by atoms with Gasteiger partial charge in [0.2, 0.25) is 5.75 Å². The second-order valence-corrected chi connectivity index (χ2v) is 7.38. The normalized spacial score (nSPS) is 17.8. The Labute approximate surface area is 164 Å². The molecule has 27 heavy (non-hydrogen) atoms. The number of anilines is 1. The van der Waals surface area contributed by atoms with Gasteiger partial charge in [-0.2, -0.15) is 0 Å². The third-order valence-corrected chi connectivity index (χ3v) is 5.20. The van der Waals surface area contributed by atoms with E-state index in [4.69, 9.17) is 11.6 Å². The molecule has 3 rings (SSSR count). The van der Waals surface area contributed by atoms with E-state index >= 15 is 0 Å². The zero-order chi connectivity index (χ0) is 19.6. The molecule has 140 valence electrons. The number of hydrogen-bond donors (Lipinski definition) is 3. The summed E-state index contributed by atoms with van der Waals surface area (Å²) in [5.41, 5.74) is 1.27. The molecule has 2 aromatic rings. The van der Waals surface area contributed by atoms with Gasteiger partial charge in [0.15, 0.2) is 5.50 Å². The average molecular weight is 406 g/mol. The number of amides is 1. The Morgan fingerprint density at radius 1 is 1.37 bits per heavy atom. The van der Waals surface area contributed by atoms with Crippen molar-refractivity contribution < 1.29 is 14.8 Å². The first-order valence-corrected chi connectivity index (χ1v) is 9.34. The molecule has 0 bridgehead atoms. The fourth-order valence-electron chi connectivity index (χ4n) is 2.55. The standard InChI is InChI=1S/C18H16ClN3O4S/c1-2-10-3-5-13(6-4-10)20-18-21-17(24)15(27-18)8-11-7-12(19)9-14(16(11)23)22(25)26/h3-9,18,20,23H,2H2,1H3,(H,21,24)/b15-8-/t18-/m1/s1. The summed E-state index contributed by atoms with van der Waals surface area (Å²) in [7, 11) is 0. The quantitative estimate of drug-likeness (QED) is 0.392. The topological polar surface area (TPSA) is 104 Å². The number of phenolic OH excluding ortho intramolecular Hbond substituents is 1. The molecule has 0 saturated carbocycles. The van der Waals surface area contributed by atoms with Crippen molar-refractivity contribution in [1.29, 1.82) is 0 Å². The highest BCUT2D eigenvalue weighted by atomic mass is 35.5. The van der Waals surface area contributed by atoms with Crippen molar-refractivity contribution in [3.8, 4) is 5.75 Å². The van der Waals surface area contributed by atoms with Gasteiger partial charge >= 0.3 is 5.69 Å². The van der Waals surface area contributed by atoms with Crippen molar-refractivity contribution in [1.82, 2.24) is 5.32 Å². The summed E-state index contributed by atoms with van der Waals surface area (Å²) in [5.74, 6) is -0.874. The minimum Gasteiger partial charge on any atom is -0.502 e. The number of carbonyl (C=O) groups excluding carboxylic acids is 1. The van der Waals surface area contributed by atoms with Crippen molar-refractivity contribution in [3.05, 3.63) is 67.6 Å². The van der Waals surface area contributed by atoms with E-state index in [-0.39, 0.29) is 16.5 Å². The zero-order valence-electron chi connectivity index (χ0n) is 14.2. The fraction of sp³-hybridized carbons (Fsp3) is 0.167. The molecule has 1 amide bonds. The first kappa shape index (κ1) is 19.1. The predicted octanol–water partition coefficient (Wildman–Crippen LogP) is 4.12. The fourth-order valence-corrected chi connectivity index (χ4v) is 3.75. The Morgan fingerprint density at radius 2 is 2.07 bits per heavy atom. The van der Waals surface area contributed by atoms with Crippen LogP contribution >= 0.6 is 23.4 Å². The van der Waals surface area contributed by atoms with E-state index in [0.717, 1.165) is 18.2 Å². The number of phenols is 1. The van der Waals surface area contributed by atoms with Gasteiger partial charge < -0.3 is 15.7 Å². The lowest BCUT2D eigenvalue weighted by Crippen LogP contribution is -2.30. The van der Waals surface area contributed by atoms with E-state index in [9.17, 15) is 20.0 Å². The number of aryl methyl sites for hydroxylation is 1. The van der Waals surface area contributed by atoms with Crippen molar-refractivity contribution in [3.63, 3.8) is 0 Å². The number of nitro benzene ring substituents is 1. The van der Waals surface area contributed by atoms with E-state index in [2.05, 4.69) is 17.6 Å². The summed E-state index contributed by atoms with van der Waals surface area (Å²) in [6.07, 6.45) is 2.33. The molecule has 7 nitrogen and oxygen atoms in total. The van der Waals surface area contributed by atoms with Crippen LogP contribution in [0, 0.1) is 10.1 Å². The Bertz CT molecular complexity index is 931. The summed E-state index contributed by atoms with van der Waals surface area (Å²) >= 11 is 7.10. The van der Waals surface area contributed by atoms with Gasteiger partial charge in [-0.3, -0.25) is 14.9 Å². The summed E-state index contributed by atoms with van der Waals surface area (Å²) in [6, 6.07) is 10.3. The van der Waals surface area contributed by atoms with Crippen molar-refractivity contribution in [2.75, 3.05) is 5.32 Å². The molecule has 9 heteroatoms. The summed E-state index contributed by atoms with van der Waals surface area (Å²) < 4.78 is 0. The summed E-state index contributed by atoms with van der Waals surface area (Å²) in [5, 5.41) is 27.1. The Morgan fingerprint density at radius 3 is 2.70 bits per heavy atom. The minimum absolute atomic E-state index is 0.0976. The highest BCUT2D eigenvalue weighted by Crippen LogP contribution is 2.37. The molecule has 2 aromatic carbocycles. The summed E-state index contributed by atoms with van der Waals surface area (Å²) in [4.78, 5) is 22.8. The number of thioether (sulfide) groups is 1. The Balaban J connectivity index is 1.80. The monoisotopic (exact) mass is 405 g/mol. The van der Waals surface area contributed by atoms with Crippen LogP contribution in [0.5, 0.6) is 5.75 Å². The van der Waals surface area contributed by atoms with E-state index in [1.165, 1.54) is 29.5 Å². The Kier molecular flexibility index (Phi) is 5.57. The number of carbonyl (C=O) groups is 1. The smallest absolute Gasteiger partial charge is 0.312 e. The average Bonchev–Trinajstić information content (AvgIpc) is 2.97. The number of nitrogens with zero attached hydrogens (tertiary/aromatic N) is 1. The zero-order valence-corrected chi connectivity index (χ0v) is 15.8. The lowest BCUT2D eigenvalue weighted by Gasteiger charge is -2.12. The van der Waals surface area contributed by atoms with Crippen LogP contribution < -0.4 is 10.6 Å². The van der Waals surface area contributed by atoms with E-state index < -0.39 is 21.9 Å². The number of nitrogens with one attached hydrogen (secondary N) is 2. The second kappa shape index (κ2) is 7.89. The van der Waals surface area contributed by atoms with Crippen LogP contribution in [-0.4, -0.2) is 21.4 Å². The number of hydrogen-bond acceptors (Lipinski definition) is 6. The number of rotatable bonds is 5. The third kappa shape index (κ3) is 4.35. The van der Waals surface area contributed by atoms with Crippen LogP contribution in [0.4, 0.5) is 11.4 Å². The van der Waals surface area contributed by atoms with E-state index in [1.807, 2.05) is 24.3 Å². The van der Waals surface area contributed by atoms with Crippen LogP contribution in [0.2, 0.25) is 5.02 Å². The maximum absolute atomic E-state index is 12.2. The van der Waals surface area contributed by atoms with Crippen LogP contribution in [-0.2, 0) is 11.2 Å². The molecule has 0 radical (unpaired) electrons. The van der Waals surface area contributed by atoms with Gasteiger partial charge in [0, 0.05) is 22.3 Å². The van der Waals surface area contributed by atoms with Gasteiger partial charge in [0.1, 0.15) is 0 Å². The number of benzene rings is 2. The molecule has 1 heterocycles. The number of aromatic hydroxyl groups is 1. The minimum atomic E-state index is -0.727. The van der Waals surface area contributed by atoms with Gasteiger partial charge in [0.25, 0.3) is 5.91 Å². The lowest BCUT2D eigenvalue weighted by atomic mass is 10.1. The van der Waals surface area contributed by atoms with Crippen LogP contribution in [0.25, 0.3) is 6.08 Å². The van der Waals surface area contributed by atoms with Gasteiger partial charge in [-0.25, -0.2) is 0 Å².